The molecule has 2 nitrogen and oxygen atoms in total. The summed E-state index contributed by atoms with van der Waals surface area (Å²) >= 11 is 0. The Kier molecular flexibility index (Phi) is 5.07. The number of nitrogens with two attached hydrogens (primary N) is 1. The van der Waals surface area contributed by atoms with Crippen molar-refractivity contribution in [3.8, 4) is 0 Å². The predicted molar refractivity (Wildman–Crippen MR) is 66.9 cm³/mol. The van der Waals surface area contributed by atoms with E-state index in [1.54, 1.807) is 0 Å². The number of hydrogen-bond donors (Lipinski definition) is 2. The molecule has 0 spiro atoms. The summed E-state index contributed by atoms with van der Waals surface area (Å²) in [6.45, 7) is 8.14. The van der Waals surface area contributed by atoms with Gasteiger partial charge in [-0.25, -0.2) is 0 Å². The lowest BCUT2D eigenvalue weighted by Gasteiger charge is -2.31. The Morgan fingerprint density at radius 2 is 1.80 bits per heavy atom. The number of hydrogen-bond acceptors (Lipinski definition) is 2. The third kappa shape index (κ3) is 4.98. The van der Waals surface area contributed by atoms with E-state index in [1.165, 1.54) is 38.5 Å². The number of rotatable bonds is 5. The van der Waals surface area contributed by atoms with Crippen LogP contribution in [0.4, 0.5) is 0 Å². The molecule has 0 atom stereocenters. The summed E-state index contributed by atoms with van der Waals surface area (Å²) in [5, 5.41) is 3.71. The third-order valence-electron chi connectivity index (χ3n) is 3.57. The van der Waals surface area contributed by atoms with E-state index in [0.717, 1.165) is 12.6 Å². The van der Waals surface area contributed by atoms with Crippen LogP contribution < -0.4 is 11.1 Å². The van der Waals surface area contributed by atoms with E-state index in [2.05, 4.69) is 26.1 Å². The normalized spacial score (nSPS) is 28.0. The molecule has 0 saturated heterocycles. The van der Waals surface area contributed by atoms with E-state index >= 15 is 0 Å². The third-order valence-corrected chi connectivity index (χ3v) is 3.57. The minimum Gasteiger partial charge on any atom is -0.328 e. The summed E-state index contributed by atoms with van der Waals surface area (Å²) in [6.07, 6.45) is 7.53. The van der Waals surface area contributed by atoms with Gasteiger partial charge in [0.25, 0.3) is 0 Å². The van der Waals surface area contributed by atoms with Gasteiger partial charge in [0.1, 0.15) is 0 Å². The second-order valence-corrected chi connectivity index (χ2v) is 5.91. The van der Waals surface area contributed by atoms with Crippen LogP contribution in [0, 0.1) is 5.41 Å². The standard InChI is InChI=1S/C13H28N2/c1-4-9-13(2,3)10-15-12-7-5-11(14)6-8-12/h11-12,15H,4-10,14H2,1-3H3. The van der Waals surface area contributed by atoms with Crippen LogP contribution in [0.2, 0.25) is 0 Å². The first-order valence-electron chi connectivity index (χ1n) is 6.52. The van der Waals surface area contributed by atoms with Crippen LogP contribution in [0.25, 0.3) is 0 Å². The molecule has 1 fully saturated rings. The first kappa shape index (κ1) is 13.0. The molecule has 0 unspecified atom stereocenters. The SMILES string of the molecule is CCCC(C)(C)CNC1CCC(N)CC1. The molecule has 1 saturated carbocycles. The van der Waals surface area contributed by atoms with E-state index < -0.39 is 0 Å². The van der Waals surface area contributed by atoms with Crippen molar-refractivity contribution in [2.45, 2.75) is 71.4 Å². The minimum absolute atomic E-state index is 0.453. The van der Waals surface area contributed by atoms with Crippen LogP contribution in [0.15, 0.2) is 0 Å². The van der Waals surface area contributed by atoms with Crippen molar-refractivity contribution in [1.29, 1.82) is 0 Å². The number of nitrogens with one attached hydrogen (secondary N) is 1. The molecule has 1 rings (SSSR count). The summed E-state index contributed by atoms with van der Waals surface area (Å²) in [5.74, 6) is 0. The smallest absolute Gasteiger partial charge is 0.00684 e. The molecule has 0 heterocycles. The fourth-order valence-electron chi connectivity index (χ4n) is 2.51. The highest BCUT2D eigenvalue weighted by molar-refractivity contribution is 4.81. The maximum Gasteiger partial charge on any atom is 0.00684 e. The molecule has 0 bridgehead atoms. The molecule has 90 valence electrons. The van der Waals surface area contributed by atoms with Crippen molar-refractivity contribution in [3.63, 3.8) is 0 Å². The first-order chi connectivity index (χ1) is 7.03. The monoisotopic (exact) mass is 212 g/mol. The van der Waals surface area contributed by atoms with Gasteiger partial charge in [-0.3, -0.25) is 0 Å². The molecule has 0 aromatic heterocycles. The second kappa shape index (κ2) is 5.86. The molecular formula is C13H28N2. The Morgan fingerprint density at radius 1 is 1.20 bits per heavy atom. The van der Waals surface area contributed by atoms with Gasteiger partial charge in [-0.15, -0.1) is 0 Å². The molecule has 1 aliphatic carbocycles. The van der Waals surface area contributed by atoms with E-state index in [-0.39, 0.29) is 0 Å². The molecule has 15 heavy (non-hydrogen) atoms. The van der Waals surface area contributed by atoms with Gasteiger partial charge in [0.15, 0.2) is 0 Å². The largest absolute Gasteiger partial charge is 0.328 e. The van der Waals surface area contributed by atoms with Crippen molar-refractivity contribution in [2.24, 2.45) is 11.1 Å². The second-order valence-electron chi connectivity index (χ2n) is 5.91. The van der Waals surface area contributed by atoms with Crippen molar-refractivity contribution in [3.05, 3.63) is 0 Å². The topological polar surface area (TPSA) is 38.0 Å². The zero-order valence-electron chi connectivity index (χ0n) is 10.7. The molecule has 0 aromatic carbocycles. The molecule has 0 radical (unpaired) electrons. The summed E-state index contributed by atoms with van der Waals surface area (Å²) < 4.78 is 0. The Balaban J connectivity index is 2.19. The maximum absolute atomic E-state index is 5.90. The Hall–Kier alpha value is -0.0800. The zero-order chi connectivity index (χ0) is 11.3. The fraction of sp³-hybridized carbons (Fsp3) is 1.00. The molecule has 0 aliphatic heterocycles. The van der Waals surface area contributed by atoms with Gasteiger partial charge >= 0.3 is 0 Å². The molecular weight excluding hydrogens is 184 g/mol. The van der Waals surface area contributed by atoms with Crippen LogP contribution >= 0.6 is 0 Å². The lowest BCUT2D eigenvalue weighted by atomic mass is 9.86. The lowest BCUT2D eigenvalue weighted by Crippen LogP contribution is -2.41. The summed E-state index contributed by atoms with van der Waals surface area (Å²) in [5.41, 5.74) is 6.35. The maximum atomic E-state index is 5.90. The molecule has 0 amide bonds. The highest BCUT2D eigenvalue weighted by atomic mass is 14.9. The van der Waals surface area contributed by atoms with E-state index in [9.17, 15) is 0 Å². The quantitative estimate of drug-likeness (QED) is 0.735. The van der Waals surface area contributed by atoms with E-state index in [1.807, 2.05) is 0 Å². The van der Waals surface area contributed by atoms with Gasteiger partial charge in [0.2, 0.25) is 0 Å². The van der Waals surface area contributed by atoms with Crippen LogP contribution in [0.5, 0.6) is 0 Å². The average molecular weight is 212 g/mol. The molecule has 3 N–H and O–H groups in total. The Bertz CT molecular complexity index is 169. The van der Waals surface area contributed by atoms with Crippen LogP contribution in [0.1, 0.15) is 59.3 Å². The Morgan fingerprint density at radius 3 is 2.33 bits per heavy atom. The summed E-state index contributed by atoms with van der Waals surface area (Å²) in [4.78, 5) is 0. The van der Waals surface area contributed by atoms with Crippen molar-refractivity contribution in [2.75, 3.05) is 6.54 Å². The van der Waals surface area contributed by atoms with Gasteiger partial charge in [-0.1, -0.05) is 27.2 Å². The van der Waals surface area contributed by atoms with Gasteiger partial charge in [0, 0.05) is 18.6 Å². The molecule has 0 aromatic rings. The fourth-order valence-corrected chi connectivity index (χ4v) is 2.51. The van der Waals surface area contributed by atoms with Crippen molar-refractivity contribution < 1.29 is 0 Å². The summed E-state index contributed by atoms with van der Waals surface area (Å²) in [7, 11) is 0. The lowest BCUT2D eigenvalue weighted by molar-refractivity contribution is 0.264. The molecule has 1 aliphatic rings. The van der Waals surface area contributed by atoms with Gasteiger partial charge < -0.3 is 11.1 Å². The molecule has 2 heteroatoms. The highest BCUT2D eigenvalue weighted by Crippen LogP contribution is 2.23. The minimum atomic E-state index is 0.453. The van der Waals surface area contributed by atoms with E-state index in [0.29, 0.717) is 11.5 Å². The van der Waals surface area contributed by atoms with Crippen LogP contribution in [0.3, 0.4) is 0 Å². The van der Waals surface area contributed by atoms with E-state index in [4.69, 9.17) is 5.73 Å². The zero-order valence-corrected chi connectivity index (χ0v) is 10.7. The van der Waals surface area contributed by atoms with Crippen LogP contribution in [-0.2, 0) is 0 Å². The van der Waals surface area contributed by atoms with Crippen LogP contribution in [-0.4, -0.2) is 18.6 Å². The highest BCUT2D eigenvalue weighted by Gasteiger charge is 2.21. The Labute approximate surface area is 95.0 Å². The van der Waals surface area contributed by atoms with Gasteiger partial charge in [-0.2, -0.15) is 0 Å². The van der Waals surface area contributed by atoms with Crippen molar-refractivity contribution >= 4 is 0 Å². The van der Waals surface area contributed by atoms with Gasteiger partial charge in [0.05, 0.1) is 0 Å². The summed E-state index contributed by atoms with van der Waals surface area (Å²) in [6, 6.07) is 1.19. The van der Waals surface area contributed by atoms with Crippen molar-refractivity contribution in [1.82, 2.24) is 5.32 Å². The van der Waals surface area contributed by atoms with Gasteiger partial charge in [-0.05, 0) is 37.5 Å². The first-order valence-corrected chi connectivity index (χ1v) is 6.52. The predicted octanol–water partition coefficient (Wildman–Crippen LogP) is 2.67. The average Bonchev–Trinajstić information content (AvgIpc) is 2.17.